The Hall–Kier alpha value is -1.42. The van der Waals surface area contributed by atoms with Gasteiger partial charge in [-0.3, -0.25) is 4.79 Å². The topological polar surface area (TPSA) is 52.1 Å². The Morgan fingerprint density at radius 1 is 1.58 bits per heavy atom. The van der Waals surface area contributed by atoms with E-state index in [-0.39, 0.29) is 11.9 Å². The number of carbonyl (C=O) groups excluding carboxylic acids is 1. The van der Waals surface area contributed by atoms with E-state index in [1.54, 1.807) is 6.20 Å². The van der Waals surface area contributed by atoms with E-state index in [4.69, 9.17) is 16.3 Å². The fraction of sp³-hybridized carbons (Fsp3) is 0.500. The minimum Gasteiger partial charge on any atom is -0.466 e. The molecule has 0 aromatic carbocycles. The molecule has 0 N–H and O–H groups in total. The molecule has 0 spiro atoms. The second kappa shape index (κ2) is 6.15. The van der Waals surface area contributed by atoms with Crippen molar-refractivity contribution >= 4 is 23.1 Å². The lowest BCUT2D eigenvalue weighted by Crippen LogP contribution is -2.19. The number of rotatable bonds is 3. The van der Waals surface area contributed by atoms with Crippen molar-refractivity contribution in [3.8, 4) is 0 Å². The zero-order chi connectivity index (χ0) is 13.8. The molecule has 1 unspecified atom stereocenters. The number of aryl methyl sites for hydroxylation is 1. The Balaban J connectivity index is 2.10. The predicted octanol–water partition coefficient (Wildman–Crippen LogP) is 3.19. The van der Waals surface area contributed by atoms with E-state index in [0.717, 1.165) is 24.0 Å². The van der Waals surface area contributed by atoms with Crippen LogP contribution < -0.4 is 0 Å². The lowest BCUT2D eigenvalue weighted by Gasteiger charge is -2.20. The number of allylic oxidation sites excluding steroid dienone is 2. The third-order valence-electron chi connectivity index (χ3n) is 3.24. The molecule has 0 amide bonds. The molecule has 5 heteroatoms. The van der Waals surface area contributed by atoms with Crippen LogP contribution in [0, 0.1) is 12.8 Å². The molecule has 1 aromatic rings. The van der Waals surface area contributed by atoms with Gasteiger partial charge in [-0.15, -0.1) is 0 Å². The average Bonchev–Trinajstić information content (AvgIpc) is 2.39. The fourth-order valence-corrected chi connectivity index (χ4v) is 2.50. The second-order valence-electron chi connectivity index (χ2n) is 4.57. The molecule has 19 heavy (non-hydrogen) atoms. The van der Waals surface area contributed by atoms with E-state index in [1.165, 1.54) is 0 Å². The third kappa shape index (κ3) is 3.32. The van der Waals surface area contributed by atoms with Crippen LogP contribution in [0.25, 0.3) is 5.57 Å². The highest BCUT2D eigenvalue weighted by Crippen LogP contribution is 2.33. The Morgan fingerprint density at radius 2 is 2.37 bits per heavy atom. The summed E-state index contributed by atoms with van der Waals surface area (Å²) >= 11 is 6.13. The van der Waals surface area contributed by atoms with Gasteiger partial charge >= 0.3 is 5.97 Å². The first-order valence-corrected chi connectivity index (χ1v) is 6.84. The summed E-state index contributed by atoms with van der Waals surface area (Å²) in [6, 6.07) is 0. The van der Waals surface area contributed by atoms with Crippen LogP contribution in [0.1, 0.15) is 37.6 Å². The largest absolute Gasteiger partial charge is 0.466 e. The molecule has 102 valence electrons. The van der Waals surface area contributed by atoms with Gasteiger partial charge in [0.2, 0.25) is 0 Å². The van der Waals surface area contributed by atoms with Gasteiger partial charge in [-0.25, -0.2) is 9.97 Å². The molecule has 4 nitrogen and oxygen atoms in total. The maximum absolute atomic E-state index is 11.7. The number of hydrogen-bond acceptors (Lipinski definition) is 4. The normalized spacial score (nSPS) is 18.9. The van der Waals surface area contributed by atoms with Gasteiger partial charge in [-0.1, -0.05) is 17.7 Å². The zero-order valence-corrected chi connectivity index (χ0v) is 11.9. The minimum absolute atomic E-state index is 0.0335. The van der Waals surface area contributed by atoms with Crippen molar-refractivity contribution in [2.45, 2.75) is 33.1 Å². The van der Waals surface area contributed by atoms with E-state index >= 15 is 0 Å². The van der Waals surface area contributed by atoms with Gasteiger partial charge in [0.05, 0.1) is 12.5 Å². The first kappa shape index (κ1) is 14.0. The SMILES string of the molecule is CCOC(=O)C1CC=C(c2cnc(C)nc2Cl)CC1. The van der Waals surface area contributed by atoms with Crippen LogP contribution in [0.4, 0.5) is 0 Å². The maximum atomic E-state index is 11.7. The van der Waals surface area contributed by atoms with E-state index in [0.29, 0.717) is 24.0 Å². The molecular weight excluding hydrogens is 264 g/mol. The molecule has 1 aliphatic carbocycles. The van der Waals surface area contributed by atoms with Gasteiger partial charge < -0.3 is 4.74 Å². The van der Waals surface area contributed by atoms with E-state index in [9.17, 15) is 4.79 Å². The highest BCUT2D eigenvalue weighted by molar-refractivity contribution is 6.31. The summed E-state index contributed by atoms with van der Waals surface area (Å²) in [7, 11) is 0. The standard InChI is InChI=1S/C14H17ClN2O2/c1-3-19-14(18)11-6-4-10(5-7-11)12-8-16-9(2)17-13(12)15/h4,8,11H,3,5-7H2,1-2H3. The number of halogens is 1. The second-order valence-corrected chi connectivity index (χ2v) is 4.93. The Morgan fingerprint density at radius 3 is 2.95 bits per heavy atom. The summed E-state index contributed by atoms with van der Waals surface area (Å²) in [4.78, 5) is 20.0. The van der Waals surface area contributed by atoms with Crippen molar-refractivity contribution in [1.82, 2.24) is 9.97 Å². The Bertz CT molecular complexity index is 514. The number of carbonyl (C=O) groups is 1. The van der Waals surface area contributed by atoms with Crippen LogP contribution in [0.3, 0.4) is 0 Å². The van der Waals surface area contributed by atoms with Crippen molar-refractivity contribution in [2.24, 2.45) is 5.92 Å². The van der Waals surface area contributed by atoms with Crippen LogP contribution in [-0.4, -0.2) is 22.5 Å². The third-order valence-corrected chi connectivity index (χ3v) is 3.53. The summed E-state index contributed by atoms with van der Waals surface area (Å²) < 4.78 is 5.04. The van der Waals surface area contributed by atoms with Gasteiger partial charge in [0, 0.05) is 11.8 Å². The van der Waals surface area contributed by atoms with Crippen LogP contribution in [0.2, 0.25) is 5.15 Å². The number of ether oxygens (including phenoxy) is 1. The average molecular weight is 281 g/mol. The number of esters is 1. The van der Waals surface area contributed by atoms with Crippen LogP contribution >= 0.6 is 11.6 Å². The van der Waals surface area contributed by atoms with Gasteiger partial charge in [0.25, 0.3) is 0 Å². The van der Waals surface area contributed by atoms with E-state index in [2.05, 4.69) is 9.97 Å². The van der Waals surface area contributed by atoms with E-state index < -0.39 is 0 Å². The fourth-order valence-electron chi connectivity index (χ4n) is 2.21. The summed E-state index contributed by atoms with van der Waals surface area (Å²) in [6.07, 6.45) is 6.08. The van der Waals surface area contributed by atoms with Gasteiger partial charge in [-0.05, 0) is 38.7 Å². The zero-order valence-electron chi connectivity index (χ0n) is 11.1. The van der Waals surface area contributed by atoms with Crippen molar-refractivity contribution < 1.29 is 9.53 Å². The predicted molar refractivity (Wildman–Crippen MR) is 73.7 cm³/mol. The van der Waals surface area contributed by atoms with Gasteiger partial charge in [0.1, 0.15) is 11.0 Å². The molecule has 0 radical (unpaired) electrons. The van der Waals surface area contributed by atoms with Crippen LogP contribution in [-0.2, 0) is 9.53 Å². The molecule has 0 aliphatic heterocycles. The summed E-state index contributed by atoms with van der Waals surface area (Å²) in [6.45, 7) is 4.07. The summed E-state index contributed by atoms with van der Waals surface area (Å²) in [5, 5.41) is 0.480. The van der Waals surface area contributed by atoms with Crippen molar-refractivity contribution in [1.29, 1.82) is 0 Å². The molecule has 1 aliphatic rings. The quantitative estimate of drug-likeness (QED) is 0.630. The lowest BCUT2D eigenvalue weighted by atomic mass is 9.87. The van der Waals surface area contributed by atoms with Crippen LogP contribution in [0.5, 0.6) is 0 Å². The molecule has 1 atom stereocenters. The molecule has 1 aromatic heterocycles. The summed E-state index contributed by atoms with van der Waals surface area (Å²) in [5.74, 6) is 0.521. The smallest absolute Gasteiger partial charge is 0.309 e. The highest BCUT2D eigenvalue weighted by atomic mass is 35.5. The summed E-state index contributed by atoms with van der Waals surface area (Å²) in [5.41, 5.74) is 1.99. The molecule has 0 saturated heterocycles. The van der Waals surface area contributed by atoms with Gasteiger partial charge in [-0.2, -0.15) is 0 Å². The van der Waals surface area contributed by atoms with E-state index in [1.807, 2.05) is 19.9 Å². The first-order valence-electron chi connectivity index (χ1n) is 6.47. The molecule has 0 bridgehead atoms. The molecule has 0 fully saturated rings. The van der Waals surface area contributed by atoms with Crippen molar-refractivity contribution in [3.05, 3.63) is 28.8 Å². The molecule has 0 saturated carbocycles. The van der Waals surface area contributed by atoms with Crippen molar-refractivity contribution in [2.75, 3.05) is 6.61 Å². The van der Waals surface area contributed by atoms with Gasteiger partial charge in [0.15, 0.2) is 0 Å². The molecule has 2 rings (SSSR count). The monoisotopic (exact) mass is 280 g/mol. The van der Waals surface area contributed by atoms with Crippen LogP contribution in [0.15, 0.2) is 12.3 Å². The Kier molecular flexibility index (Phi) is 4.53. The number of hydrogen-bond donors (Lipinski definition) is 0. The minimum atomic E-state index is -0.107. The Labute approximate surface area is 117 Å². The number of nitrogens with zero attached hydrogens (tertiary/aromatic N) is 2. The highest BCUT2D eigenvalue weighted by Gasteiger charge is 2.24. The molecule has 1 heterocycles. The molecular formula is C14H17ClN2O2. The first-order chi connectivity index (χ1) is 9.11. The number of aromatic nitrogens is 2. The maximum Gasteiger partial charge on any atom is 0.309 e. The lowest BCUT2D eigenvalue weighted by molar-refractivity contribution is -0.148. The van der Waals surface area contributed by atoms with Crippen molar-refractivity contribution in [3.63, 3.8) is 0 Å².